The van der Waals surface area contributed by atoms with Crippen LogP contribution in [0.5, 0.6) is 0 Å². The highest BCUT2D eigenvalue weighted by molar-refractivity contribution is 5.37. The van der Waals surface area contributed by atoms with E-state index in [2.05, 4.69) is 39.2 Å². The number of anilines is 1. The van der Waals surface area contributed by atoms with Gasteiger partial charge in [-0.3, -0.25) is 4.98 Å². The minimum atomic E-state index is 0.637. The Bertz CT molecular complexity index is 412. The molecule has 1 aromatic rings. The molecule has 5 nitrogen and oxygen atoms in total. The van der Waals surface area contributed by atoms with E-state index in [1.165, 1.54) is 19.3 Å². The Kier molecular flexibility index (Phi) is 3.66. The maximum Gasteiger partial charge on any atom is 0.147 e. The van der Waals surface area contributed by atoms with E-state index < -0.39 is 0 Å². The highest BCUT2D eigenvalue weighted by Gasteiger charge is 2.25. The van der Waals surface area contributed by atoms with Gasteiger partial charge in [-0.25, -0.2) is 4.98 Å². The van der Waals surface area contributed by atoms with E-state index in [1.54, 1.807) is 0 Å². The highest BCUT2D eigenvalue weighted by Crippen LogP contribution is 2.20. The second-order valence-electron chi connectivity index (χ2n) is 5.87. The standard InChI is InChI=1S/C14H23N5/c1-18(2)13-5-6-19(10-13)14-9-16-12(8-17-14)7-15-11-3-4-11/h8-9,11,13,15H,3-7,10H2,1-2H3. The first-order valence-electron chi connectivity index (χ1n) is 7.18. The molecule has 0 spiro atoms. The summed E-state index contributed by atoms with van der Waals surface area (Å²) < 4.78 is 0. The number of nitrogens with zero attached hydrogens (tertiary/aromatic N) is 4. The van der Waals surface area contributed by atoms with Gasteiger partial charge < -0.3 is 15.1 Å². The van der Waals surface area contributed by atoms with Crippen LogP contribution in [0.25, 0.3) is 0 Å². The first-order chi connectivity index (χ1) is 9.22. The van der Waals surface area contributed by atoms with Gasteiger partial charge in [0.1, 0.15) is 5.82 Å². The van der Waals surface area contributed by atoms with Gasteiger partial charge >= 0.3 is 0 Å². The van der Waals surface area contributed by atoms with Crippen LogP contribution in [0.2, 0.25) is 0 Å². The zero-order valence-corrected chi connectivity index (χ0v) is 11.8. The van der Waals surface area contributed by atoms with Gasteiger partial charge in [-0.2, -0.15) is 0 Å². The summed E-state index contributed by atoms with van der Waals surface area (Å²) in [5.41, 5.74) is 1.04. The Morgan fingerprint density at radius 1 is 1.26 bits per heavy atom. The second kappa shape index (κ2) is 5.43. The van der Waals surface area contributed by atoms with Crippen LogP contribution < -0.4 is 10.2 Å². The molecule has 1 aromatic heterocycles. The fourth-order valence-electron chi connectivity index (χ4n) is 2.51. The van der Waals surface area contributed by atoms with E-state index in [9.17, 15) is 0 Å². The minimum Gasteiger partial charge on any atom is -0.354 e. The molecule has 1 saturated heterocycles. The fraction of sp³-hybridized carbons (Fsp3) is 0.714. The molecule has 2 heterocycles. The molecule has 1 N–H and O–H groups in total. The van der Waals surface area contributed by atoms with Crippen molar-refractivity contribution in [1.29, 1.82) is 0 Å². The zero-order valence-electron chi connectivity index (χ0n) is 11.8. The van der Waals surface area contributed by atoms with Crippen LogP contribution in [0.3, 0.4) is 0 Å². The van der Waals surface area contributed by atoms with Gasteiger partial charge in [0.2, 0.25) is 0 Å². The SMILES string of the molecule is CN(C)C1CCN(c2cnc(CNC3CC3)cn2)C1. The molecule has 1 saturated carbocycles. The molecular formula is C14H23N5. The molecule has 3 rings (SSSR count). The number of nitrogens with one attached hydrogen (secondary N) is 1. The second-order valence-corrected chi connectivity index (χ2v) is 5.87. The molecule has 104 valence electrons. The van der Waals surface area contributed by atoms with Crippen molar-refractivity contribution >= 4 is 5.82 Å². The van der Waals surface area contributed by atoms with Gasteiger partial charge in [0, 0.05) is 31.7 Å². The zero-order chi connectivity index (χ0) is 13.2. The van der Waals surface area contributed by atoms with E-state index in [0.717, 1.165) is 37.2 Å². The van der Waals surface area contributed by atoms with Crippen LogP contribution in [-0.4, -0.2) is 54.1 Å². The average molecular weight is 261 g/mol. The van der Waals surface area contributed by atoms with E-state index in [1.807, 2.05) is 12.4 Å². The van der Waals surface area contributed by atoms with E-state index in [-0.39, 0.29) is 0 Å². The van der Waals surface area contributed by atoms with Crippen LogP contribution >= 0.6 is 0 Å². The average Bonchev–Trinajstić information content (AvgIpc) is 3.11. The molecule has 0 bridgehead atoms. The number of aromatic nitrogens is 2. The molecule has 1 aliphatic heterocycles. The third-order valence-electron chi connectivity index (χ3n) is 4.06. The Morgan fingerprint density at radius 2 is 2.11 bits per heavy atom. The first-order valence-corrected chi connectivity index (χ1v) is 7.18. The highest BCUT2D eigenvalue weighted by atomic mass is 15.3. The Morgan fingerprint density at radius 3 is 2.68 bits per heavy atom. The van der Waals surface area contributed by atoms with Crippen molar-refractivity contribution in [3.05, 3.63) is 18.1 Å². The molecule has 1 unspecified atom stereocenters. The summed E-state index contributed by atoms with van der Waals surface area (Å²) in [5.74, 6) is 1.01. The van der Waals surface area contributed by atoms with Crippen molar-refractivity contribution < 1.29 is 0 Å². The van der Waals surface area contributed by atoms with Gasteiger partial charge in [-0.1, -0.05) is 0 Å². The maximum atomic E-state index is 4.56. The molecule has 1 atom stereocenters. The van der Waals surface area contributed by atoms with Gasteiger partial charge in [-0.05, 0) is 33.4 Å². The largest absolute Gasteiger partial charge is 0.354 e. The molecular weight excluding hydrogens is 238 g/mol. The number of likely N-dealkylation sites (N-methyl/N-ethyl adjacent to an activating group) is 1. The summed E-state index contributed by atoms with van der Waals surface area (Å²) in [6, 6.07) is 1.36. The Balaban J connectivity index is 1.56. The van der Waals surface area contributed by atoms with E-state index >= 15 is 0 Å². The summed E-state index contributed by atoms with van der Waals surface area (Å²) >= 11 is 0. The number of rotatable bonds is 5. The number of hydrogen-bond donors (Lipinski definition) is 1. The predicted molar refractivity (Wildman–Crippen MR) is 76.2 cm³/mol. The number of hydrogen-bond acceptors (Lipinski definition) is 5. The normalized spacial score (nSPS) is 23.3. The fourth-order valence-corrected chi connectivity index (χ4v) is 2.51. The molecule has 1 aliphatic carbocycles. The lowest BCUT2D eigenvalue weighted by atomic mass is 10.2. The van der Waals surface area contributed by atoms with Crippen molar-refractivity contribution in [2.75, 3.05) is 32.1 Å². The maximum absolute atomic E-state index is 4.56. The molecule has 0 aromatic carbocycles. The van der Waals surface area contributed by atoms with Crippen LogP contribution in [0.4, 0.5) is 5.82 Å². The van der Waals surface area contributed by atoms with Crippen molar-refractivity contribution in [2.24, 2.45) is 0 Å². The van der Waals surface area contributed by atoms with Crippen molar-refractivity contribution in [1.82, 2.24) is 20.2 Å². The lowest BCUT2D eigenvalue weighted by Crippen LogP contribution is -2.31. The van der Waals surface area contributed by atoms with Gasteiger partial charge in [0.05, 0.1) is 18.1 Å². The topological polar surface area (TPSA) is 44.3 Å². The van der Waals surface area contributed by atoms with Gasteiger partial charge in [0.15, 0.2) is 0 Å². The predicted octanol–water partition coefficient (Wildman–Crippen LogP) is 0.869. The summed E-state index contributed by atoms with van der Waals surface area (Å²) in [7, 11) is 4.29. The minimum absolute atomic E-state index is 0.637. The van der Waals surface area contributed by atoms with Gasteiger partial charge in [-0.15, -0.1) is 0 Å². The Labute approximate surface area is 115 Å². The van der Waals surface area contributed by atoms with Crippen LogP contribution in [-0.2, 0) is 6.54 Å². The van der Waals surface area contributed by atoms with Crippen LogP contribution in [0, 0.1) is 0 Å². The quantitative estimate of drug-likeness (QED) is 0.852. The molecule has 19 heavy (non-hydrogen) atoms. The van der Waals surface area contributed by atoms with Crippen LogP contribution in [0.1, 0.15) is 25.0 Å². The molecule has 2 aliphatic rings. The molecule has 0 radical (unpaired) electrons. The third kappa shape index (κ3) is 3.22. The summed E-state index contributed by atoms with van der Waals surface area (Å²) in [6.45, 7) is 2.98. The van der Waals surface area contributed by atoms with E-state index in [0.29, 0.717) is 6.04 Å². The van der Waals surface area contributed by atoms with E-state index in [4.69, 9.17) is 0 Å². The summed E-state index contributed by atoms with van der Waals surface area (Å²) in [4.78, 5) is 13.7. The molecule has 2 fully saturated rings. The smallest absolute Gasteiger partial charge is 0.147 e. The summed E-state index contributed by atoms with van der Waals surface area (Å²) in [5, 5.41) is 3.46. The van der Waals surface area contributed by atoms with Gasteiger partial charge in [0.25, 0.3) is 0 Å². The van der Waals surface area contributed by atoms with Crippen molar-refractivity contribution in [3.63, 3.8) is 0 Å². The van der Waals surface area contributed by atoms with Crippen molar-refractivity contribution in [3.8, 4) is 0 Å². The first kappa shape index (κ1) is 12.8. The Hall–Kier alpha value is -1.20. The van der Waals surface area contributed by atoms with Crippen LogP contribution in [0.15, 0.2) is 12.4 Å². The van der Waals surface area contributed by atoms with Crippen molar-refractivity contribution in [2.45, 2.75) is 37.9 Å². The monoisotopic (exact) mass is 261 g/mol. The third-order valence-corrected chi connectivity index (χ3v) is 4.06. The lowest BCUT2D eigenvalue weighted by molar-refractivity contribution is 0.315. The lowest BCUT2D eigenvalue weighted by Gasteiger charge is -2.20. The summed E-state index contributed by atoms with van der Waals surface area (Å²) in [6.07, 6.45) is 7.66. The molecule has 5 heteroatoms. The molecule has 0 amide bonds.